The average molecular weight is 527 g/mol. The summed E-state index contributed by atoms with van der Waals surface area (Å²) in [5.41, 5.74) is -3.46. The molecule has 5 fully saturated rings. The predicted octanol–water partition coefficient (Wildman–Crippen LogP) is 2.15. The molecule has 1 N–H and O–H groups in total. The molecule has 0 aromatic carbocycles. The van der Waals surface area contributed by atoms with E-state index in [0.29, 0.717) is 24.8 Å². The summed E-state index contributed by atoms with van der Waals surface area (Å²) in [5.74, 6) is -2.92. The average Bonchev–Trinajstić information content (AvgIpc) is 3.47. The fourth-order valence-corrected chi connectivity index (χ4v) is 7.71. The number of rotatable bonds is 3. The van der Waals surface area contributed by atoms with Crippen molar-refractivity contribution in [3.63, 3.8) is 0 Å². The number of esters is 2. The Morgan fingerprint density at radius 3 is 2.39 bits per heavy atom. The van der Waals surface area contributed by atoms with E-state index in [1.165, 1.54) is 26.0 Å². The second-order valence-corrected chi connectivity index (χ2v) is 12.1. The van der Waals surface area contributed by atoms with E-state index in [1.807, 2.05) is 13.8 Å². The molecule has 2 aliphatic carbocycles. The first-order valence-corrected chi connectivity index (χ1v) is 13.5. The van der Waals surface area contributed by atoms with Crippen LogP contribution in [0.4, 0.5) is 0 Å². The van der Waals surface area contributed by atoms with Gasteiger partial charge < -0.3 is 24.1 Å². The molecule has 0 bridgehead atoms. The van der Waals surface area contributed by atoms with Crippen molar-refractivity contribution >= 4 is 23.5 Å². The van der Waals surface area contributed by atoms with Crippen LogP contribution >= 0.6 is 0 Å². The van der Waals surface area contributed by atoms with Crippen LogP contribution in [-0.2, 0) is 38.1 Å². The van der Waals surface area contributed by atoms with Crippen molar-refractivity contribution in [1.82, 2.24) is 0 Å². The molecule has 9 nitrogen and oxygen atoms in total. The number of ether oxygens (including phenoxy) is 4. The SMILES string of the molecule is C=C1C(=O)OC2CC(C)C3(O)C=C(C(C)=O)C4(OC3CC12)C(=O)OC1CC(C)C2(/C=C/C(C)=O)OC2CC14. The Morgan fingerprint density at radius 2 is 1.71 bits per heavy atom. The van der Waals surface area contributed by atoms with Crippen molar-refractivity contribution in [2.45, 2.75) is 94.6 Å². The largest absolute Gasteiger partial charge is 0.460 e. The lowest BCUT2D eigenvalue weighted by atomic mass is 9.69. The van der Waals surface area contributed by atoms with E-state index >= 15 is 0 Å². The van der Waals surface area contributed by atoms with Gasteiger partial charge in [0, 0.05) is 23.0 Å². The van der Waals surface area contributed by atoms with Crippen molar-refractivity contribution in [2.24, 2.45) is 23.7 Å². The molecule has 0 amide bonds. The number of Topliss-reactive ketones (excluding diaryl/α,β-unsaturated/α-hetero) is 1. The zero-order valence-electron chi connectivity index (χ0n) is 22.1. The van der Waals surface area contributed by atoms with Crippen molar-refractivity contribution < 1.29 is 43.2 Å². The van der Waals surface area contributed by atoms with Gasteiger partial charge in [-0.05, 0) is 69.6 Å². The molecule has 0 aromatic heterocycles. The molecule has 3 saturated heterocycles. The van der Waals surface area contributed by atoms with Gasteiger partial charge in [-0.2, -0.15) is 0 Å². The number of ketones is 2. The third kappa shape index (κ3) is 3.34. The second kappa shape index (κ2) is 8.19. The van der Waals surface area contributed by atoms with E-state index in [1.54, 1.807) is 6.08 Å². The molecule has 38 heavy (non-hydrogen) atoms. The second-order valence-electron chi connectivity index (χ2n) is 12.1. The smallest absolute Gasteiger partial charge is 0.343 e. The quantitative estimate of drug-likeness (QED) is 0.334. The number of aliphatic hydroxyl groups is 1. The molecule has 0 aromatic rings. The van der Waals surface area contributed by atoms with Crippen LogP contribution in [0.1, 0.15) is 53.4 Å². The highest BCUT2D eigenvalue weighted by Crippen LogP contribution is 2.60. The first-order chi connectivity index (χ1) is 17.8. The van der Waals surface area contributed by atoms with Gasteiger partial charge in [0.15, 0.2) is 17.2 Å². The summed E-state index contributed by atoms with van der Waals surface area (Å²) in [4.78, 5) is 50.8. The summed E-state index contributed by atoms with van der Waals surface area (Å²) < 4.78 is 24.3. The molecular weight excluding hydrogens is 492 g/mol. The van der Waals surface area contributed by atoms with Gasteiger partial charge in [0.2, 0.25) is 0 Å². The van der Waals surface area contributed by atoms with Gasteiger partial charge in [-0.25, -0.2) is 9.59 Å². The molecule has 11 atom stereocenters. The lowest BCUT2D eigenvalue weighted by Gasteiger charge is -2.48. The van der Waals surface area contributed by atoms with E-state index in [9.17, 15) is 24.3 Å². The van der Waals surface area contributed by atoms with Crippen LogP contribution in [0.3, 0.4) is 0 Å². The maximum atomic E-state index is 13.7. The Balaban J connectivity index is 1.42. The highest BCUT2D eigenvalue weighted by atomic mass is 16.6. The molecular formula is C29H34O9. The highest BCUT2D eigenvalue weighted by molar-refractivity contribution is 6.04. The third-order valence-corrected chi connectivity index (χ3v) is 9.99. The van der Waals surface area contributed by atoms with Gasteiger partial charge in [0.25, 0.3) is 0 Å². The number of hydrogen-bond donors (Lipinski definition) is 1. The van der Waals surface area contributed by atoms with Crippen LogP contribution in [0.2, 0.25) is 0 Å². The summed E-state index contributed by atoms with van der Waals surface area (Å²) in [6.07, 6.45) is 4.14. The predicted molar refractivity (Wildman–Crippen MR) is 131 cm³/mol. The van der Waals surface area contributed by atoms with Gasteiger partial charge >= 0.3 is 11.9 Å². The third-order valence-electron chi connectivity index (χ3n) is 9.99. The van der Waals surface area contributed by atoms with Crippen LogP contribution in [0.25, 0.3) is 0 Å². The Labute approximate surface area is 221 Å². The summed E-state index contributed by atoms with van der Waals surface area (Å²) >= 11 is 0. The minimum absolute atomic E-state index is 0.0463. The lowest BCUT2D eigenvalue weighted by Crippen LogP contribution is -2.61. The normalized spacial score (nSPS) is 49.2. The van der Waals surface area contributed by atoms with E-state index in [4.69, 9.17) is 18.9 Å². The summed E-state index contributed by atoms with van der Waals surface area (Å²) in [5, 5.41) is 12.0. The maximum Gasteiger partial charge on any atom is 0.343 e. The zero-order chi connectivity index (χ0) is 27.4. The first kappa shape index (κ1) is 25.6. The van der Waals surface area contributed by atoms with Crippen LogP contribution in [0.5, 0.6) is 0 Å². The fraction of sp³-hybridized carbons (Fsp3) is 0.655. The Bertz CT molecular complexity index is 1220. The molecule has 6 aliphatic rings. The molecule has 2 saturated carbocycles. The van der Waals surface area contributed by atoms with Crippen molar-refractivity contribution in [2.75, 3.05) is 0 Å². The van der Waals surface area contributed by atoms with E-state index < -0.39 is 58.9 Å². The van der Waals surface area contributed by atoms with Gasteiger partial charge in [0.1, 0.15) is 23.4 Å². The lowest BCUT2D eigenvalue weighted by molar-refractivity contribution is -0.197. The minimum Gasteiger partial charge on any atom is -0.460 e. The summed E-state index contributed by atoms with van der Waals surface area (Å²) in [6.45, 7) is 10.6. The minimum atomic E-state index is -1.70. The molecule has 6 rings (SSSR count). The van der Waals surface area contributed by atoms with Gasteiger partial charge in [-0.1, -0.05) is 20.4 Å². The van der Waals surface area contributed by atoms with E-state index in [-0.39, 0.29) is 41.5 Å². The number of epoxide rings is 1. The molecule has 4 aliphatic heterocycles. The van der Waals surface area contributed by atoms with Crippen LogP contribution in [0.15, 0.2) is 36.0 Å². The van der Waals surface area contributed by atoms with E-state index in [0.717, 1.165) is 0 Å². The monoisotopic (exact) mass is 526 g/mol. The summed E-state index contributed by atoms with van der Waals surface area (Å²) in [7, 11) is 0. The van der Waals surface area contributed by atoms with Crippen molar-refractivity contribution in [3.8, 4) is 0 Å². The van der Waals surface area contributed by atoms with Crippen molar-refractivity contribution in [3.05, 3.63) is 36.0 Å². The Morgan fingerprint density at radius 1 is 1.00 bits per heavy atom. The van der Waals surface area contributed by atoms with Gasteiger partial charge in [-0.15, -0.1) is 0 Å². The Hall–Kier alpha value is -2.62. The molecule has 9 heteroatoms. The van der Waals surface area contributed by atoms with Crippen LogP contribution in [0, 0.1) is 23.7 Å². The van der Waals surface area contributed by atoms with Gasteiger partial charge in [-0.3, -0.25) is 9.59 Å². The highest BCUT2D eigenvalue weighted by Gasteiger charge is 2.72. The number of hydrogen-bond acceptors (Lipinski definition) is 9. The van der Waals surface area contributed by atoms with E-state index in [2.05, 4.69) is 6.58 Å². The molecule has 204 valence electrons. The standard InChI is InChI=1S/C29H34O9/c1-13-8-21-18(16(4)25(32)35-21)10-23-27(13,34)12-20(17(5)31)29(38-23)19-11-24-28(37-24,7-6-15(3)30)14(2)9-22(19)36-26(29)33/h6-7,12-14,18-19,21-24,34H,4,8-11H2,1-3,5H3/b7-6+. The first-order valence-electron chi connectivity index (χ1n) is 13.5. The number of fused-ring (bicyclic) bond motifs is 5. The fourth-order valence-electron chi connectivity index (χ4n) is 7.71. The Kier molecular flexibility index (Phi) is 5.53. The topological polar surface area (TPSA) is 129 Å². The molecule has 0 radical (unpaired) electrons. The van der Waals surface area contributed by atoms with Crippen LogP contribution in [-0.4, -0.2) is 69.8 Å². The molecule has 4 heterocycles. The number of carbonyl (C=O) groups excluding carboxylic acids is 4. The maximum absolute atomic E-state index is 13.7. The molecule has 11 unspecified atom stereocenters. The van der Waals surface area contributed by atoms with Gasteiger partial charge in [0.05, 0.1) is 12.2 Å². The van der Waals surface area contributed by atoms with Crippen LogP contribution < -0.4 is 0 Å². The van der Waals surface area contributed by atoms with Crippen molar-refractivity contribution in [1.29, 1.82) is 0 Å². The zero-order valence-corrected chi connectivity index (χ0v) is 22.1. The summed E-state index contributed by atoms with van der Waals surface area (Å²) in [6, 6.07) is 0. The number of carbonyl (C=O) groups is 4. The number of allylic oxidation sites excluding steroid dienone is 1. The molecule has 1 spiro atoms.